The molecule has 16 heavy (non-hydrogen) atoms. The number of hydrogen-bond donors (Lipinski definition) is 0. The van der Waals surface area contributed by atoms with Crippen LogP contribution in [0.15, 0.2) is 12.2 Å². The average molecular weight is 265 g/mol. The van der Waals surface area contributed by atoms with Crippen LogP contribution in [0.4, 0.5) is 0 Å². The van der Waals surface area contributed by atoms with Crippen LogP contribution in [-0.2, 0) is 13.6 Å². The highest BCUT2D eigenvalue weighted by Crippen LogP contribution is 2.56. The van der Waals surface area contributed by atoms with Crippen molar-refractivity contribution in [2.24, 2.45) is 0 Å². The first-order chi connectivity index (χ1) is 7.68. The summed E-state index contributed by atoms with van der Waals surface area (Å²) in [6.45, 7) is 12.0. The predicted octanol–water partition coefficient (Wildman–Crippen LogP) is 4.07. The van der Waals surface area contributed by atoms with Crippen LogP contribution in [0.1, 0.15) is 22.1 Å². The summed E-state index contributed by atoms with van der Waals surface area (Å²) < 4.78 is 32.1. The zero-order chi connectivity index (χ0) is 13.7. The van der Waals surface area contributed by atoms with Gasteiger partial charge in [0.1, 0.15) is 0 Å². The first kappa shape index (κ1) is 14.2. The SMILES string of the molecule is [2H]C(/C=C/C)([Si](C)(C)C)P(=O)(OCC)OCC. The lowest BCUT2D eigenvalue weighted by atomic mass is 10.6. The summed E-state index contributed by atoms with van der Waals surface area (Å²) in [5.41, 5.74) is 0. The maximum atomic E-state index is 12.8. The van der Waals surface area contributed by atoms with E-state index in [9.17, 15) is 4.57 Å². The molecule has 96 valence electrons. The van der Waals surface area contributed by atoms with Crippen LogP contribution < -0.4 is 0 Å². The van der Waals surface area contributed by atoms with Crippen molar-refractivity contribution in [1.82, 2.24) is 0 Å². The minimum Gasteiger partial charge on any atom is -0.309 e. The molecule has 0 amide bonds. The van der Waals surface area contributed by atoms with Gasteiger partial charge in [0.05, 0.1) is 26.5 Å². The lowest BCUT2D eigenvalue weighted by Crippen LogP contribution is -2.37. The normalized spacial score (nSPS) is 18.5. The van der Waals surface area contributed by atoms with Crippen LogP contribution in [0.3, 0.4) is 0 Å². The second kappa shape index (κ2) is 6.75. The Labute approximate surface area is 102 Å². The molecule has 1 atom stereocenters. The summed E-state index contributed by atoms with van der Waals surface area (Å²) in [6.07, 6.45) is 3.43. The van der Waals surface area contributed by atoms with Crippen LogP contribution in [0.5, 0.6) is 0 Å². The third kappa shape index (κ3) is 4.54. The summed E-state index contributed by atoms with van der Waals surface area (Å²) >= 11 is 0. The van der Waals surface area contributed by atoms with Gasteiger partial charge in [-0.05, 0) is 20.8 Å². The highest BCUT2D eigenvalue weighted by molar-refractivity contribution is 7.58. The van der Waals surface area contributed by atoms with Gasteiger partial charge in [-0.1, -0.05) is 31.8 Å². The van der Waals surface area contributed by atoms with Gasteiger partial charge in [0, 0.05) is 1.37 Å². The second-order valence-corrected chi connectivity index (χ2v) is 11.9. The zero-order valence-corrected chi connectivity index (χ0v) is 13.1. The summed E-state index contributed by atoms with van der Waals surface area (Å²) in [6, 6.07) is 0. The summed E-state index contributed by atoms with van der Waals surface area (Å²) in [5, 5.41) is -1.24. The quantitative estimate of drug-likeness (QED) is 0.395. The fraction of sp³-hybridized carbons (Fsp3) is 0.818. The molecule has 1 unspecified atom stereocenters. The van der Waals surface area contributed by atoms with Crippen LogP contribution in [0.2, 0.25) is 19.6 Å². The third-order valence-corrected chi connectivity index (χ3v) is 8.46. The molecule has 0 aromatic heterocycles. The molecule has 0 fully saturated rings. The molecule has 3 nitrogen and oxygen atoms in total. The minimum absolute atomic E-state index is 0.292. The van der Waals surface area contributed by atoms with Crippen LogP contribution in [0, 0.1) is 0 Å². The van der Waals surface area contributed by atoms with E-state index in [2.05, 4.69) is 0 Å². The molecule has 0 aromatic carbocycles. The van der Waals surface area contributed by atoms with Crippen LogP contribution in [-0.4, -0.2) is 26.5 Å². The van der Waals surface area contributed by atoms with E-state index in [1.165, 1.54) is 0 Å². The molecule has 0 saturated carbocycles. The van der Waals surface area contributed by atoms with Crippen molar-refractivity contribution in [1.29, 1.82) is 0 Å². The minimum atomic E-state index is -3.44. The first-order valence-corrected chi connectivity index (χ1v) is 10.8. The van der Waals surface area contributed by atoms with E-state index in [1.807, 2.05) is 26.6 Å². The maximum Gasteiger partial charge on any atom is 0.334 e. The Balaban J connectivity index is 5.62. The van der Waals surface area contributed by atoms with Crippen molar-refractivity contribution >= 4 is 15.7 Å². The van der Waals surface area contributed by atoms with Gasteiger partial charge in [-0.2, -0.15) is 0 Å². The molecule has 0 rings (SSSR count). The average Bonchev–Trinajstić information content (AvgIpc) is 2.16. The van der Waals surface area contributed by atoms with Gasteiger partial charge in [-0.3, -0.25) is 4.57 Å². The number of allylic oxidation sites excluding steroid dienone is 2. The number of rotatable bonds is 7. The highest BCUT2D eigenvalue weighted by Gasteiger charge is 2.42. The molecule has 0 saturated heterocycles. The van der Waals surface area contributed by atoms with Crippen molar-refractivity contribution < 1.29 is 15.0 Å². The zero-order valence-electron chi connectivity index (χ0n) is 12.2. The second-order valence-electron chi connectivity index (χ2n) is 4.47. The van der Waals surface area contributed by atoms with Gasteiger partial charge in [-0.15, -0.1) is 0 Å². The highest BCUT2D eigenvalue weighted by atomic mass is 31.2. The van der Waals surface area contributed by atoms with Gasteiger partial charge < -0.3 is 9.05 Å². The van der Waals surface area contributed by atoms with Crippen molar-refractivity contribution in [2.75, 3.05) is 13.2 Å². The molecule has 5 heteroatoms. The van der Waals surface area contributed by atoms with E-state index in [0.29, 0.717) is 13.2 Å². The molecule has 0 aliphatic rings. The molecule has 0 spiro atoms. The van der Waals surface area contributed by atoms with Crippen LogP contribution >= 0.6 is 7.60 Å². The number of hydrogen-bond acceptors (Lipinski definition) is 3. The van der Waals surface area contributed by atoms with Gasteiger partial charge >= 0.3 is 7.60 Å². The molecular weight excluding hydrogens is 239 g/mol. The molecule has 0 aliphatic carbocycles. The van der Waals surface area contributed by atoms with Gasteiger partial charge in [0.2, 0.25) is 0 Å². The Morgan fingerprint density at radius 3 is 2.00 bits per heavy atom. The Morgan fingerprint density at radius 2 is 1.75 bits per heavy atom. The van der Waals surface area contributed by atoms with Gasteiger partial charge in [-0.25, -0.2) is 0 Å². The van der Waals surface area contributed by atoms with E-state index in [4.69, 9.17) is 10.4 Å². The Morgan fingerprint density at radius 1 is 1.31 bits per heavy atom. The van der Waals surface area contributed by atoms with E-state index < -0.39 is 20.9 Å². The lowest BCUT2D eigenvalue weighted by Gasteiger charge is -2.32. The summed E-state index contributed by atoms with van der Waals surface area (Å²) in [5.74, 6) is 0. The lowest BCUT2D eigenvalue weighted by molar-refractivity contribution is 0.220. The topological polar surface area (TPSA) is 35.5 Å². The van der Waals surface area contributed by atoms with Crippen molar-refractivity contribution in [2.45, 2.75) is 45.7 Å². The van der Waals surface area contributed by atoms with Crippen molar-refractivity contribution in [3.63, 3.8) is 0 Å². The van der Waals surface area contributed by atoms with Crippen molar-refractivity contribution in [3.8, 4) is 0 Å². The summed E-state index contributed by atoms with van der Waals surface area (Å²) in [4.78, 5) is 0. The first-order valence-electron chi connectivity index (χ1n) is 6.21. The van der Waals surface area contributed by atoms with Gasteiger partial charge in [0.15, 0.2) is 0 Å². The standard InChI is InChI=1S/C11H25O3PSi/c1-7-10-11(16(4,5)6)15(12,13-8-2)14-9-3/h7,10-11H,8-9H2,1-6H3/b10-7+/i11D. The van der Waals surface area contributed by atoms with Gasteiger partial charge in [0.25, 0.3) is 0 Å². The Kier molecular flexibility index (Phi) is 5.98. The van der Waals surface area contributed by atoms with Crippen molar-refractivity contribution in [3.05, 3.63) is 12.2 Å². The maximum absolute atomic E-state index is 12.8. The Hall–Kier alpha value is 0.107. The monoisotopic (exact) mass is 265 g/mol. The van der Waals surface area contributed by atoms with E-state index in [1.54, 1.807) is 26.0 Å². The molecular formula is C11H25O3PSi. The van der Waals surface area contributed by atoms with Crippen LogP contribution in [0.25, 0.3) is 0 Å². The van der Waals surface area contributed by atoms with E-state index >= 15 is 0 Å². The molecule has 0 radical (unpaired) electrons. The largest absolute Gasteiger partial charge is 0.334 e. The predicted molar refractivity (Wildman–Crippen MR) is 72.8 cm³/mol. The molecule has 0 N–H and O–H groups in total. The fourth-order valence-electron chi connectivity index (χ4n) is 1.43. The molecule has 0 aromatic rings. The molecule has 0 bridgehead atoms. The molecule has 0 heterocycles. The summed E-state index contributed by atoms with van der Waals surface area (Å²) in [7, 11) is -5.51. The fourth-order valence-corrected chi connectivity index (χ4v) is 7.13. The molecule has 0 aliphatic heterocycles. The van der Waals surface area contributed by atoms with E-state index in [-0.39, 0.29) is 0 Å². The Bertz CT molecular complexity index is 304. The smallest absolute Gasteiger partial charge is 0.309 e. The van der Waals surface area contributed by atoms with E-state index in [0.717, 1.165) is 0 Å². The third-order valence-electron chi connectivity index (χ3n) is 1.99.